The van der Waals surface area contributed by atoms with Crippen LogP contribution in [0.2, 0.25) is 5.02 Å². The second kappa shape index (κ2) is 6.01. The Morgan fingerprint density at radius 3 is 2.44 bits per heavy atom. The molecule has 2 aromatic carbocycles. The van der Waals surface area contributed by atoms with Crippen molar-refractivity contribution in [3.8, 4) is 0 Å². The number of hydrogen-bond donors (Lipinski definition) is 2. The third-order valence-corrected chi connectivity index (χ3v) is 3.52. The smallest absolute Gasteiger partial charge is 0.0503 e. The van der Waals surface area contributed by atoms with Crippen molar-refractivity contribution in [1.29, 1.82) is 0 Å². The molecule has 0 fully saturated rings. The van der Waals surface area contributed by atoms with E-state index in [1.165, 1.54) is 11.1 Å². The molecule has 3 heteroatoms. The number of hydrazine groups is 1. The lowest BCUT2D eigenvalue weighted by Crippen LogP contribution is -2.30. The first-order valence-electron chi connectivity index (χ1n) is 5.97. The van der Waals surface area contributed by atoms with E-state index in [0.717, 1.165) is 17.0 Å². The van der Waals surface area contributed by atoms with Gasteiger partial charge in [0.15, 0.2) is 0 Å². The molecule has 0 aliphatic carbocycles. The largest absolute Gasteiger partial charge is 0.271 e. The van der Waals surface area contributed by atoms with Gasteiger partial charge in [-0.3, -0.25) is 11.3 Å². The molecule has 0 saturated carbocycles. The van der Waals surface area contributed by atoms with Crippen LogP contribution in [-0.4, -0.2) is 0 Å². The Labute approximate surface area is 113 Å². The maximum absolute atomic E-state index is 6.18. The average molecular weight is 261 g/mol. The summed E-state index contributed by atoms with van der Waals surface area (Å²) in [4.78, 5) is 0. The van der Waals surface area contributed by atoms with Gasteiger partial charge in [0.05, 0.1) is 6.04 Å². The Kier molecular flexibility index (Phi) is 4.37. The zero-order valence-corrected chi connectivity index (χ0v) is 11.1. The Hall–Kier alpha value is -1.35. The van der Waals surface area contributed by atoms with Gasteiger partial charge in [0.1, 0.15) is 0 Å². The molecule has 0 aromatic heterocycles. The molecule has 0 amide bonds. The Morgan fingerprint density at radius 2 is 1.78 bits per heavy atom. The van der Waals surface area contributed by atoms with E-state index in [4.69, 9.17) is 17.4 Å². The highest BCUT2D eigenvalue weighted by Crippen LogP contribution is 2.24. The van der Waals surface area contributed by atoms with Gasteiger partial charge in [0.25, 0.3) is 0 Å². The molecule has 94 valence electrons. The topological polar surface area (TPSA) is 38.0 Å². The van der Waals surface area contributed by atoms with Crippen molar-refractivity contribution >= 4 is 11.6 Å². The molecule has 0 saturated heterocycles. The minimum Gasteiger partial charge on any atom is -0.271 e. The van der Waals surface area contributed by atoms with Gasteiger partial charge in [0, 0.05) is 5.02 Å². The normalized spacial score (nSPS) is 12.4. The molecular weight excluding hydrogens is 244 g/mol. The Balaban J connectivity index is 2.26. The molecule has 2 rings (SSSR count). The SMILES string of the molecule is Cc1ccccc1C(Cc1ccccc1Cl)NN. The number of rotatable bonds is 4. The molecule has 0 radical (unpaired) electrons. The van der Waals surface area contributed by atoms with Crippen LogP contribution in [0.15, 0.2) is 48.5 Å². The van der Waals surface area contributed by atoms with E-state index in [-0.39, 0.29) is 6.04 Å². The summed E-state index contributed by atoms with van der Waals surface area (Å²) < 4.78 is 0. The van der Waals surface area contributed by atoms with Crippen LogP contribution in [0.4, 0.5) is 0 Å². The highest BCUT2D eigenvalue weighted by Gasteiger charge is 2.13. The molecule has 18 heavy (non-hydrogen) atoms. The number of hydrogen-bond acceptors (Lipinski definition) is 2. The van der Waals surface area contributed by atoms with E-state index >= 15 is 0 Å². The van der Waals surface area contributed by atoms with Crippen LogP contribution >= 0.6 is 11.6 Å². The number of benzene rings is 2. The van der Waals surface area contributed by atoms with Crippen molar-refractivity contribution < 1.29 is 0 Å². The molecular formula is C15H17ClN2. The molecule has 0 heterocycles. The highest BCUT2D eigenvalue weighted by molar-refractivity contribution is 6.31. The number of nitrogens with two attached hydrogens (primary N) is 1. The van der Waals surface area contributed by atoms with E-state index in [2.05, 4.69) is 24.5 Å². The van der Waals surface area contributed by atoms with Crippen molar-refractivity contribution in [2.45, 2.75) is 19.4 Å². The van der Waals surface area contributed by atoms with Gasteiger partial charge in [-0.15, -0.1) is 0 Å². The third-order valence-electron chi connectivity index (χ3n) is 3.15. The van der Waals surface area contributed by atoms with Crippen LogP contribution in [0, 0.1) is 6.92 Å². The van der Waals surface area contributed by atoms with Crippen LogP contribution in [0.3, 0.4) is 0 Å². The van der Waals surface area contributed by atoms with Gasteiger partial charge in [-0.2, -0.15) is 0 Å². The van der Waals surface area contributed by atoms with E-state index < -0.39 is 0 Å². The van der Waals surface area contributed by atoms with Crippen molar-refractivity contribution in [3.63, 3.8) is 0 Å². The van der Waals surface area contributed by atoms with Gasteiger partial charge >= 0.3 is 0 Å². The summed E-state index contributed by atoms with van der Waals surface area (Å²) in [5.74, 6) is 5.68. The predicted octanol–water partition coefficient (Wildman–Crippen LogP) is 3.40. The first-order valence-corrected chi connectivity index (χ1v) is 6.35. The number of halogens is 1. The predicted molar refractivity (Wildman–Crippen MR) is 76.4 cm³/mol. The van der Waals surface area contributed by atoms with Crippen LogP contribution in [0.5, 0.6) is 0 Å². The van der Waals surface area contributed by atoms with Gasteiger partial charge < -0.3 is 0 Å². The average Bonchev–Trinajstić information content (AvgIpc) is 2.39. The molecule has 1 unspecified atom stereocenters. The van der Waals surface area contributed by atoms with Gasteiger partial charge in [0.2, 0.25) is 0 Å². The summed E-state index contributed by atoms with van der Waals surface area (Å²) in [6.45, 7) is 2.09. The molecule has 0 bridgehead atoms. The summed E-state index contributed by atoms with van der Waals surface area (Å²) in [5, 5.41) is 0.784. The lowest BCUT2D eigenvalue weighted by molar-refractivity contribution is 0.549. The summed E-state index contributed by atoms with van der Waals surface area (Å²) in [6.07, 6.45) is 0.779. The minimum atomic E-state index is 0.0751. The zero-order valence-electron chi connectivity index (χ0n) is 10.4. The zero-order chi connectivity index (χ0) is 13.0. The lowest BCUT2D eigenvalue weighted by atomic mass is 9.96. The van der Waals surface area contributed by atoms with Crippen molar-refractivity contribution in [2.75, 3.05) is 0 Å². The second-order valence-corrected chi connectivity index (χ2v) is 4.78. The standard InChI is InChI=1S/C15H17ClN2/c1-11-6-2-4-8-13(11)15(18-17)10-12-7-3-5-9-14(12)16/h2-9,15,18H,10,17H2,1H3. The summed E-state index contributed by atoms with van der Waals surface area (Å²) >= 11 is 6.18. The lowest BCUT2D eigenvalue weighted by Gasteiger charge is -2.19. The van der Waals surface area contributed by atoms with E-state index in [0.29, 0.717) is 0 Å². The first-order chi connectivity index (χ1) is 8.72. The van der Waals surface area contributed by atoms with Crippen LogP contribution < -0.4 is 11.3 Å². The summed E-state index contributed by atoms with van der Waals surface area (Å²) in [6, 6.07) is 16.2. The molecule has 2 aromatic rings. The van der Waals surface area contributed by atoms with E-state index in [1.54, 1.807) is 0 Å². The second-order valence-electron chi connectivity index (χ2n) is 4.37. The quantitative estimate of drug-likeness (QED) is 0.653. The minimum absolute atomic E-state index is 0.0751. The highest BCUT2D eigenvalue weighted by atomic mass is 35.5. The molecule has 0 spiro atoms. The van der Waals surface area contributed by atoms with E-state index in [1.807, 2.05) is 36.4 Å². The fourth-order valence-corrected chi connectivity index (χ4v) is 2.33. The number of nitrogens with one attached hydrogen (secondary N) is 1. The third kappa shape index (κ3) is 2.91. The molecule has 0 aliphatic rings. The Bertz CT molecular complexity index is 525. The molecule has 2 nitrogen and oxygen atoms in total. The van der Waals surface area contributed by atoms with Gasteiger partial charge in [-0.1, -0.05) is 54.1 Å². The monoisotopic (exact) mass is 260 g/mol. The molecule has 1 atom stereocenters. The number of aryl methyl sites for hydroxylation is 1. The fraction of sp³-hybridized carbons (Fsp3) is 0.200. The maximum Gasteiger partial charge on any atom is 0.0503 e. The van der Waals surface area contributed by atoms with Gasteiger partial charge in [-0.25, -0.2) is 0 Å². The summed E-state index contributed by atoms with van der Waals surface area (Å²) in [5.41, 5.74) is 6.42. The van der Waals surface area contributed by atoms with Gasteiger partial charge in [-0.05, 0) is 36.1 Å². The fourth-order valence-electron chi connectivity index (χ4n) is 2.12. The van der Waals surface area contributed by atoms with Crippen LogP contribution in [0.1, 0.15) is 22.7 Å². The summed E-state index contributed by atoms with van der Waals surface area (Å²) in [7, 11) is 0. The Morgan fingerprint density at radius 1 is 1.11 bits per heavy atom. The van der Waals surface area contributed by atoms with Crippen LogP contribution in [0.25, 0.3) is 0 Å². The maximum atomic E-state index is 6.18. The van der Waals surface area contributed by atoms with Crippen LogP contribution in [-0.2, 0) is 6.42 Å². The first kappa shape index (κ1) is 13.1. The van der Waals surface area contributed by atoms with Crippen molar-refractivity contribution in [1.82, 2.24) is 5.43 Å². The molecule has 0 aliphatic heterocycles. The van der Waals surface area contributed by atoms with Crippen molar-refractivity contribution in [2.24, 2.45) is 5.84 Å². The van der Waals surface area contributed by atoms with E-state index in [9.17, 15) is 0 Å². The molecule has 3 N–H and O–H groups in total. The van der Waals surface area contributed by atoms with Crippen molar-refractivity contribution in [3.05, 3.63) is 70.2 Å².